The predicted octanol–water partition coefficient (Wildman–Crippen LogP) is 3.68. The number of thiophene rings is 1. The number of ether oxygens (including phenoxy) is 1. The molecule has 2 aromatic rings. The van der Waals surface area contributed by atoms with Gasteiger partial charge in [-0.05, 0) is 36.8 Å². The van der Waals surface area contributed by atoms with E-state index in [0.717, 1.165) is 17.3 Å². The Morgan fingerprint density at radius 1 is 1.25 bits per heavy atom. The molecule has 0 saturated heterocycles. The van der Waals surface area contributed by atoms with Crippen LogP contribution in [-0.4, -0.2) is 7.11 Å². The molecule has 1 aromatic carbocycles. The second kappa shape index (κ2) is 5.03. The first-order valence-corrected chi connectivity index (χ1v) is 6.03. The van der Waals surface area contributed by atoms with Gasteiger partial charge < -0.3 is 10.1 Å². The standard InChI is InChI=1S/C13H15NOS/c1-10-4-3-5-11(8-10)14-9-12-6-7-13(15-2)16-12/h3-8,14H,9H2,1-2H3. The van der Waals surface area contributed by atoms with Gasteiger partial charge >= 0.3 is 0 Å². The average molecular weight is 233 g/mol. The van der Waals surface area contributed by atoms with E-state index in [-0.39, 0.29) is 0 Å². The molecule has 0 atom stereocenters. The fourth-order valence-corrected chi connectivity index (χ4v) is 2.27. The first kappa shape index (κ1) is 11.0. The minimum absolute atomic E-state index is 0.845. The van der Waals surface area contributed by atoms with E-state index in [0.29, 0.717) is 0 Å². The SMILES string of the molecule is COc1ccc(CNc2cccc(C)c2)s1. The van der Waals surface area contributed by atoms with E-state index in [4.69, 9.17) is 4.74 Å². The van der Waals surface area contributed by atoms with Gasteiger partial charge in [-0.15, -0.1) is 11.3 Å². The topological polar surface area (TPSA) is 21.3 Å². The fraction of sp³-hybridized carbons (Fsp3) is 0.231. The van der Waals surface area contributed by atoms with Gasteiger partial charge in [0.05, 0.1) is 7.11 Å². The number of hydrogen-bond donors (Lipinski definition) is 1. The fourth-order valence-electron chi connectivity index (χ4n) is 1.51. The molecule has 0 fully saturated rings. The van der Waals surface area contributed by atoms with Gasteiger partial charge in [-0.25, -0.2) is 0 Å². The third-order valence-corrected chi connectivity index (χ3v) is 3.37. The van der Waals surface area contributed by atoms with Crippen LogP contribution in [0.2, 0.25) is 0 Å². The third kappa shape index (κ3) is 2.76. The van der Waals surface area contributed by atoms with Crippen molar-refractivity contribution in [3.8, 4) is 5.06 Å². The molecule has 0 aliphatic rings. The minimum Gasteiger partial charge on any atom is -0.487 e. The van der Waals surface area contributed by atoms with Crippen LogP contribution in [0, 0.1) is 6.92 Å². The van der Waals surface area contributed by atoms with Crippen molar-refractivity contribution in [2.24, 2.45) is 0 Å². The molecule has 0 radical (unpaired) electrons. The Hall–Kier alpha value is -1.48. The average Bonchev–Trinajstić information content (AvgIpc) is 2.74. The van der Waals surface area contributed by atoms with E-state index in [2.05, 4.69) is 42.6 Å². The number of methoxy groups -OCH3 is 1. The third-order valence-electron chi connectivity index (χ3n) is 2.32. The molecule has 2 nitrogen and oxygen atoms in total. The summed E-state index contributed by atoms with van der Waals surface area (Å²) in [5, 5.41) is 4.35. The van der Waals surface area contributed by atoms with Crippen LogP contribution in [-0.2, 0) is 6.54 Å². The maximum Gasteiger partial charge on any atom is 0.173 e. The molecule has 0 aliphatic heterocycles. The van der Waals surface area contributed by atoms with Crippen molar-refractivity contribution in [2.75, 3.05) is 12.4 Å². The predicted molar refractivity (Wildman–Crippen MR) is 69.4 cm³/mol. The van der Waals surface area contributed by atoms with Gasteiger partial charge in [0, 0.05) is 17.1 Å². The van der Waals surface area contributed by atoms with E-state index in [1.807, 2.05) is 6.07 Å². The van der Waals surface area contributed by atoms with Gasteiger partial charge in [-0.1, -0.05) is 12.1 Å². The van der Waals surface area contributed by atoms with Crippen LogP contribution in [0.25, 0.3) is 0 Å². The minimum atomic E-state index is 0.845. The molecule has 1 N–H and O–H groups in total. The van der Waals surface area contributed by atoms with Crippen LogP contribution >= 0.6 is 11.3 Å². The molecular weight excluding hydrogens is 218 g/mol. The second-order valence-corrected chi connectivity index (χ2v) is 4.78. The van der Waals surface area contributed by atoms with E-state index in [1.165, 1.54) is 10.4 Å². The van der Waals surface area contributed by atoms with E-state index < -0.39 is 0 Å². The summed E-state index contributed by atoms with van der Waals surface area (Å²) in [7, 11) is 1.70. The highest BCUT2D eigenvalue weighted by atomic mass is 32.1. The molecule has 0 bridgehead atoms. The second-order valence-electron chi connectivity index (χ2n) is 3.65. The van der Waals surface area contributed by atoms with Gasteiger partial charge in [-0.2, -0.15) is 0 Å². The smallest absolute Gasteiger partial charge is 0.173 e. The number of nitrogens with one attached hydrogen (secondary N) is 1. The van der Waals surface area contributed by atoms with Crippen LogP contribution in [0.4, 0.5) is 5.69 Å². The molecule has 1 aromatic heterocycles. The molecule has 0 spiro atoms. The van der Waals surface area contributed by atoms with Gasteiger partial charge in [0.1, 0.15) is 0 Å². The van der Waals surface area contributed by atoms with Crippen molar-refractivity contribution < 1.29 is 4.74 Å². The first-order valence-electron chi connectivity index (χ1n) is 5.21. The Morgan fingerprint density at radius 3 is 2.81 bits per heavy atom. The van der Waals surface area contributed by atoms with Crippen molar-refractivity contribution in [3.63, 3.8) is 0 Å². The lowest BCUT2D eigenvalue weighted by Crippen LogP contribution is -1.96. The summed E-state index contributed by atoms with van der Waals surface area (Å²) in [4.78, 5) is 1.28. The maximum atomic E-state index is 5.16. The zero-order chi connectivity index (χ0) is 11.4. The van der Waals surface area contributed by atoms with Gasteiger partial charge in [0.25, 0.3) is 0 Å². The number of benzene rings is 1. The Morgan fingerprint density at radius 2 is 2.12 bits per heavy atom. The summed E-state index contributed by atoms with van der Waals surface area (Å²) in [6.07, 6.45) is 0. The lowest BCUT2D eigenvalue weighted by molar-refractivity contribution is 0.427. The lowest BCUT2D eigenvalue weighted by atomic mass is 10.2. The molecule has 2 rings (SSSR count). The lowest BCUT2D eigenvalue weighted by Gasteiger charge is -2.05. The van der Waals surface area contributed by atoms with Crippen LogP contribution < -0.4 is 10.1 Å². The normalized spacial score (nSPS) is 10.1. The van der Waals surface area contributed by atoms with Gasteiger partial charge in [-0.3, -0.25) is 0 Å². The molecule has 0 saturated carbocycles. The van der Waals surface area contributed by atoms with Crippen molar-refractivity contribution in [3.05, 3.63) is 46.8 Å². The molecular formula is C13H15NOS. The van der Waals surface area contributed by atoms with Gasteiger partial charge in [0.15, 0.2) is 5.06 Å². The monoisotopic (exact) mass is 233 g/mol. The molecule has 3 heteroatoms. The Bertz CT molecular complexity index is 464. The molecule has 1 heterocycles. The summed E-state index contributed by atoms with van der Waals surface area (Å²) in [5.41, 5.74) is 2.43. The van der Waals surface area contributed by atoms with Crippen LogP contribution in [0.5, 0.6) is 5.06 Å². The summed E-state index contributed by atoms with van der Waals surface area (Å²) in [5.74, 6) is 0. The highest BCUT2D eigenvalue weighted by Gasteiger charge is 1.99. The summed E-state index contributed by atoms with van der Waals surface area (Å²) >= 11 is 1.67. The summed E-state index contributed by atoms with van der Waals surface area (Å²) in [6.45, 7) is 2.94. The summed E-state index contributed by atoms with van der Waals surface area (Å²) < 4.78 is 5.16. The van der Waals surface area contributed by atoms with E-state index in [9.17, 15) is 0 Å². The van der Waals surface area contributed by atoms with E-state index in [1.54, 1.807) is 18.4 Å². The van der Waals surface area contributed by atoms with Crippen molar-refractivity contribution in [2.45, 2.75) is 13.5 Å². The summed E-state index contributed by atoms with van der Waals surface area (Å²) in [6, 6.07) is 12.5. The van der Waals surface area contributed by atoms with Crippen molar-refractivity contribution in [1.29, 1.82) is 0 Å². The highest BCUT2D eigenvalue weighted by molar-refractivity contribution is 7.13. The number of hydrogen-bond acceptors (Lipinski definition) is 3. The van der Waals surface area contributed by atoms with Gasteiger partial charge in [0.2, 0.25) is 0 Å². The molecule has 16 heavy (non-hydrogen) atoms. The molecule has 0 amide bonds. The van der Waals surface area contributed by atoms with Crippen LogP contribution in [0.1, 0.15) is 10.4 Å². The van der Waals surface area contributed by atoms with Crippen molar-refractivity contribution >= 4 is 17.0 Å². The molecule has 0 unspecified atom stereocenters. The van der Waals surface area contributed by atoms with Crippen LogP contribution in [0.3, 0.4) is 0 Å². The van der Waals surface area contributed by atoms with E-state index >= 15 is 0 Å². The molecule has 84 valence electrons. The zero-order valence-corrected chi connectivity index (χ0v) is 10.3. The first-order chi connectivity index (χ1) is 7.78. The zero-order valence-electron chi connectivity index (χ0n) is 9.49. The van der Waals surface area contributed by atoms with Crippen LogP contribution in [0.15, 0.2) is 36.4 Å². The van der Waals surface area contributed by atoms with Crippen molar-refractivity contribution in [1.82, 2.24) is 0 Å². The molecule has 0 aliphatic carbocycles. The Balaban J connectivity index is 1.96. The highest BCUT2D eigenvalue weighted by Crippen LogP contribution is 2.24. The Labute approximate surface area is 99.9 Å². The Kier molecular flexibility index (Phi) is 3.47. The number of rotatable bonds is 4. The maximum absolute atomic E-state index is 5.16. The number of anilines is 1. The largest absolute Gasteiger partial charge is 0.487 e. The number of aryl methyl sites for hydroxylation is 1. The quantitative estimate of drug-likeness (QED) is 0.869.